The lowest BCUT2D eigenvalue weighted by Gasteiger charge is -2.26. The van der Waals surface area contributed by atoms with Gasteiger partial charge < -0.3 is 0 Å². The minimum atomic E-state index is 0.0839. The molecule has 0 N–H and O–H groups in total. The summed E-state index contributed by atoms with van der Waals surface area (Å²) >= 11 is 5.89. The maximum Gasteiger partial charge on any atom is 0.225 e. The highest BCUT2D eigenvalue weighted by Gasteiger charge is 2.40. The number of nitrogens with zero attached hydrogens (tertiary/aromatic N) is 3. The number of hydrogen-bond donors (Lipinski definition) is 0. The quantitative estimate of drug-likeness (QED) is 0.707. The zero-order valence-corrected chi connectivity index (χ0v) is 8.04. The van der Waals surface area contributed by atoms with Crippen LogP contribution in [-0.4, -0.2) is 14.8 Å². The van der Waals surface area contributed by atoms with E-state index in [1.165, 1.54) is 12.8 Å². The lowest BCUT2D eigenvalue weighted by atomic mass is 9.99. The van der Waals surface area contributed by atoms with Gasteiger partial charge in [0.25, 0.3) is 0 Å². The molecule has 12 heavy (non-hydrogen) atoms. The maximum atomic E-state index is 5.89. The molecule has 2 rings (SSSR count). The molecule has 1 saturated carbocycles. The van der Waals surface area contributed by atoms with Crippen LogP contribution in [-0.2, 0) is 5.54 Å². The van der Waals surface area contributed by atoms with Gasteiger partial charge in [0, 0.05) is 5.54 Å². The molecule has 0 aliphatic heterocycles. The van der Waals surface area contributed by atoms with E-state index in [-0.39, 0.29) is 5.54 Å². The summed E-state index contributed by atoms with van der Waals surface area (Å²) in [5, 5.41) is 8.04. The van der Waals surface area contributed by atoms with Gasteiger partial charge in [0.2, 0.25) is 5.28 Å². The third-order valence-corrected chi connectivity index (χ3v) is 2.96. The highest BCUT2D eigenvalue weighted by Crippen LogP contribution is 2.44. The Morgan fingerprint density at radius 2 is 2.25 bits per heavy atom. The fourth-order valence-corrected chi connectivity index (χ4v) is 1.90. The standard InChI is InChI=1S/C8H12ClN3/c1-8(2,6-3-4-6)12-5-10-11-7(12)9/h5-6H,3-4H2,1-2H3. The van der Waals surface area contributed by atoms with Crippen LogP contribution < -0.4 is 0 Å². The van der Waals surface area contributed by atoms with Crippen LogP contribution in [0, 0.1) is 5.92 Å². The zero-order valence-electron chi connectivity index (χ0n) is 7.29. The highest BCUT2D eigenvalue weighted by molar-refractivity contribution is 6.28. The fraction of sp³-hybridized carbons (Fsp3) is 0.750. The third-order valence-electron chi connectivity index (χ3n) is 2.70. The first-order chi connectivity index (χ1) is 5.62. The Morgan fingerprint density at radius 1 is 1.58 bits per heavy atom. The van der Waals surface area contributed by atoms with Crippen molar-refractivity contribution in [2.24, 2.45) is 5.92 Å². The molecule has 0 amide bonds. The van der Waals surface area contributed by atoms with Crippen LogP contribution >= 0.6 is 11.6 Å². The summed E-state index contributed by atoms with van der Waals surface area (Å²) in [5.41, 5.74) is 0.0839. The van der Waals surface area contributed by atoms with Gasteiger partial charge in [-0.2, -0.15) is 0 Å². The summed E-state index contributed by atoms with van der Waals surface area (Å²) in [6.45, 7) is 4.36. The maximum absolute atomic E-state index is 5.89. The van der Waals surface area contributed by atoms with E-state index >= 15 is 0 Å². The molecule has 1 heterocycles. The molecule has 1 fully saturated rings. The first-order valence-corrected chi connectivity index (χ1v) is 4.56. The van der Waals surface area contributed by atoms with Crippen LogP contribution in [0.1, 0.15) is 26.7 Å². The van der Waals surface area contributed by atoms with Gasteiger partial charge in [-0.05, 0) is 44.2 Å². The Morgan fingerprint density at radius 3 is 2.67 bits per heavy atom. The van der Waals surface area contributed by atoms with Gasteiger partial charge in [-0.15, -0.1) is 10.2 Å². The molecule has 0 aromatic carbocycles. The van der Waals surface area contributed by atoms with Crippen LogP contribution in [0.4, 0.5) is 0 Å². The number of rotatable bonds is 2. The van der Waals surface area contributed by atoms with Crippen LogP contribution in [0.3, 0.4) is 0 Å². The van der Waals surface area contributed by atoms with Crippen molar-refractivity contribution in [1.29, 1.82) is 0 Å². The number of aromatic nitrogens is 3. The predicted octanol–water partition coefficient (Wildman–Crippen LogP) is 2.08. The number of halogens is 1. The van der Waals surface area contributed by atoms with E-state index in [0.29, 0.717) is 5.28 Å². The van der Waals surface area contributed by atoms with E-state index in [4.69, 9.17) is 11.6 Å². The molecule has 0 saturated heterocycles. The van der Waals surface area contributed by atoms with E-state index in [1.807, 2.05) is 4.57 Å². The molecule has 1 aromatic heterocycles. The van der Waals surface area contributed by atoms with Crippen LogP contribution in [0.15, 0.2) is 6.33 Å². The average molecular weight is 186 g/mol. The zero-order chi connectivity index (χ0) is 8.77. The van der Waals surface area contributed by atoms with E-state index in [2.05, 4.69) is 24.0 Å². The van der Waals surface area contributed by atoms with Crippen molar-refractivity contribution in [2.75, 3.05) is 0 Å². The third kappa shape index (κ3) is 1.12. The molecule has 1 aliphatic carbocycles. The van der Waals surface area contributed by atoms with Gasteiger partial charge >= 0.3 is 0 Å². The largest absolute Gasteiger partial charge is 0.298 e. The summed E-state index contributed by atoms with van der Waals surface area (Å²) in [6, 6.07) is 0. The molecule has 1 aromatic rings. The van der Waals surface area contributed by atoms with Gasteiger partial charge in [-0.25, -0.2) is 0 Å². The second kappa shape index (κ2) is 2.46. The molecule has 0 radical (unpaired) electrons. The summed E-state index contributed by atoms with van der Waals surface area (Å²) < 4.78 is 1.95. The second-order valence-corrected chi connectivity index (χ2v) is 4.24. The summed E-state index contributed by atoms with van der Waals surface area (Å²) in [4.78, 5) is 0. The van der Waals surface area contributed by atoms with Gasteiger partial charge in [-0.1, -0.05) is 0 Å². The van der Waals surface area contributed by atoms with Gasteiger partial charge in [0.05, 0.1) is 0 Å². The van der Waals surface area contributed by atoms with E-state index in [9.17, 15) is 0 Å². The second-order valence-electron chi connectivity index (χ2n) is 3.90. The van der Waals surface area contributed by atoms with E-state index < -0.39 is 0 Å². The van der Waals surface area contributed by atoms with Gasteiger partial charge in [-0.3, -0.25) is 4.57 Å². The normalized spacial score (nSPS) is 18.2. The number of hydrogen-bond acceptors (Lipinski definition) is 2. The molecule has 3 nitrogen and oxygen atoms in total. The fourth-order valence-electron chi connectivity index (χ4n) is 1.59. The molecule has 66 valence electrons. The summed E-state index contributed by atoms with van der Waals surface area (Å²) in [5.74, 6) is 0.742. The van der Waals surface area contributed by atoms with Gasteiger partial charge in [0.1, 0.15) is 6.33 Å². The Balaban J connectivity index is 2.33. The van der Waals surface area contributed by atoms with Crippen molar-refractivity contribution < 1.29 is 0 Å². The molecule has 0 unspecified atom stereocenters. The Bertz CT molecular complexity index is 288. The topological polar surface area (TPSA) is 30.7 Å². The minimum Gasteiger partial charge on any atom is -0.298 e. The van der Waals surface area contributed by atoms with E-state index in [1.54, 1.807) is 6.33 Å². The Labute approximate surface area is 76.7 Å². The molecular weight excluding hydrogens is 174 g/mol. The van der Waals surface area contributed by atoms with Crippen LogP contribution in [0.25, 0.3) is 0 Å². The van der Waals surface area contributed by atoms with Gasteiger partial charge in [0.15, 0.2) is 0 Å². The van der Waals surface area contributed by atoms with Crippen molar-refractivity contribution in [2.45, 2.75) is 32.2 Å². The first-order valence-electron chi connectivity index (χ1n) is 4.18. The van der Waals surface area contributed by atoms with Crippen molar-refractivity contribution in [3.63, 3.8) is 0 Å². The molecule has 0 atom stereocenters. The smallest absolute Gasteiger partial charge is 0.225 e. The van der Waals surface area contributed by atoms with Crippen LogP contribution in [0.5, 0.6) is 0 Å². The monoisotopic (exact) mass is 185 g/mol. The van der Waals surface area contributed by atoms with Crippen molar-refractivity contribution in [3.05, 3.63) is 11.6 Å². The molecule has 1 aliphatic rings. The summed E-state index contributed by atoms with van der Waals surface area (Å²) in [7, 11) is 0. The van der Waals surface area contributed by atoms with Crippen molar-refractivity contribution in [3.8, 4) is 0 Å². The van der Waals surface area contributed by atoms with E-state index in [0.717, 1.165) is 5.92 Å². The SMILES string of the molecule is CC(C)(C1CC1)n1cnnc1Cl. The van der Waals surface area contributed by atoms with Crippen molar-refractivity contribution in [1.82, 2.24) is 14.8 Å². The lowest BCUT2D eigenvalue weighted by Crippen LogP contribution is -2.28. The van der Waals surface area contributed by atoms with Crippen molar-refractivity contribution >= 4 is 11.6 Å². The Hall–Kier alpha value is -0.570. The predicted molar refractivity (Wildman–Crippen MR) is 47.1 cm³/mol. The first kappa shape index (κ1) is 8.05. The summed E-state index contributed by atoms with van der Waals surface area (Å²) in [6.07, 6.45) is 4.30. The Kier molecular flexibility index (Phi) is 1.65. The van der Waals surface area contributed by atoms with Crippen LogP contribution in [0.2, 0.25) is 5.28 Å². The molecule has 0 spiro atoms. The minimum absolute atomic E-state index is 0.0839. The average Bonchev–Trinajstić information content (AvgIpc) is 2.75. The lowest BCUT2D eigenvalue weighted by molar-refractivity contribution is 0.304. The highest BCUT2D eigenvalue weighted by atomic mass is 35.5. The molecule has 4 heteroatoms. The molecular formula is C8H12ClN3. The molecule has 0 bridgehead atoms.